The summed E-state index contributed by atoms with van der Waals surface area (Å²) in [5, 5.41) is 2.96. The highest BCUT2D eigenvalue weighted by atomic mass is 19.1. The fourth-order valence-electron chi connectivity index (χ4n) is 1.85. The van der Waals surface area contributed by atoms with Crippen molar-refractivity contribution in [1.82, 2.24) is 5.32 Å². The molecule has 1 aliphatic heterocycles. The lowest BCUT2D eigenvalue weighted by molar-refractivity contribution is 0.188. The molecule has 0 radical (unpaired) electrons. The first kappa shape index (κ1) is 9.59. The number of rotatable bonds is 2. The van der Waals surface area contributed by atoms with E-state index >= 15 is 0 Å². The Morgan fingerprint density at radius 1 is 1.36 bits per heavy atom. The van der Waals surface area contributed by atoms with Gasteiger partial charge in [0.1, 0.15) is 11.5 Å². The lowest BCUT2D eigenvalue weighted by Crippen LogP contribution is -2.29. The first-order valence-corrected chi connectivity index (χ1v) is 4.83. The minimum Gasteiger partial charge on any atom is -0.313 e. The van der Waals surface area contributed by atoms with E-state index in [-0.39, 0.29) is 12.2 Å². The van der Waals surface area contributed by atoms with Crippen molar-refractivity contribution in [2.24, 2.45) is 0 Å². The van der Waals surface area contributed by atoms with E-state index in [4.69, 9.17) is 0 Å². The van der Waals surface area contributed by atoms with E-state index in [0.717, 1.165) is 0 Å². The van der Waals surface area contributed by atoms with Crippen LogP contribution in [0.25, 0.3) is 0 Å². The molecule has 1 nitrogen and oxygen atoms in total. The van der Waals surface area contributed by atoms with Crippen LogP contribution in [0.5, 0.6) is 0 Å². The Kier molecular flexibility index (Phi) is 2.50. The third-order valence-corrected chi connectivity index (χ3v) is 2.66. The molecule has 2 rings (SSSR count). The van der Waals surface area contributed by atoms with Gasteiger partial charge in [-0.25, -0.2) is 8.78 Å². The molecule has 1 heterocycles. The Hall–Kier alpha value is -0.960. The molecule has 0 saturated carbocycles. The molecule has 1 fully saturated rings. The Bertz CT molecular complexity index is 319. The minimum atomic E-state index is -1.26. The zero-order chi connectivity index (χ0) is 10.0. The predicted molar refractivity (Wildman–Crippen MR) is 51.4 cm³/mol. The molecule has 14 heavy (non-hydrogen) atoms. The van der Waals surface area contributed by atoms with Gasteiger partial charge in [-0.2, -0.15) is 0 Å². The van der Waals surface area contributed by atoms with E-state index in [1.807, 2.05) is 0 Å². The number of hydrogen-bond acceptors (Lipinski definition) is 1. The van der Waals surface area contributed by atoms with E-state index < -0.39 is 5.67 Å². The van der Waals surface area contributed by atoms with Gasteiger partial charge in [0.2, 0.25) is 0 Å². The fraction of sp³-hybridized carbons (Fsp3) is 0.455. The maximum Gasteiger partial charge on any atom is 0.128 e. The van der Waals surface area contributed by atoms with Crippen molar-refractivity contribution >= 4 is 0 Å². The van der Waals surface area contributed by atoms with E-state index in [0.29, 0.717) is 25.1 Å². The van der Waals surface area contributed by atoms with Crippen LogP contribution in [0.4, 0.5) is 8.78 Å². The van der Waals surface area contributed by atoms with Crippen LogP contribution >= 0.6 is 0 Å². The number of alkyl halides is 1. The average molecular weight is 197 g/mol. The molecule has 0 spiro atoms. The van der Waals surface area contributed by atoms with Crippen molar-refractivity contribution in [3.05, 3.63) is 35.6 Å². The second kappa shape index (κ2) is 3.65. The summed E-state index contributed by atoms with van der Waals surface area (Å²) in [6, 6.07) is 6.39. The molecular formula is C11H13F2N. The van der Waals surface area contributed by atoms with E-state index in [1.165, 1.54) is 6.07 Å². The van der Waals surface area contributed by atoms with Gasteiger partial charge in [-0.15, -0.1) is 0 Å². The van der Waals surface area contributed by atoms with Gasteiger partial charge in [0, 0.05) is 13.0 Å². The van der Waals surface area contributed by atoms with Gasteiger partial charge < -0.3 is 5.32 Å². The maximum absolute atomic E-state index is 13.9. The summed E-state index contributed by atoms with van der Waals surface area (Å²) in [5.41, 5.74) is -0.791. The lowest BCUT2D eigenvalue weighted by atomic mass is 9.95. The topological polar surface area (TPSA) is 12.0 Å². The largest absolute Gasteiger partial charge is 0.313 e. The highest BCUT2D eigenvalue weighted by Crippen LogP contribution is 2.25. The van der Waals surface area contributed by atoms with Gasteiger partial charge in [-0.05, 0) is 24.6 Å². The average Bonchev–Trinajstić information content (AvgIpc) is 2.57. The van der Waals surface area contributed by atoms with Crippen LogP contribution in [-0.2, 0) is 6.42 Å². The van der Waals surface area contributed by atoms with E-state index in [2.05, 4.69) is 5.32 Å². The van der Waals surface area contributed by atoms with Gasteiger partial charge in [0.25, 0.3) is 0 Å². The smallest absolute Gasteiger partial charge is 0.128 e. The number of benzene rings is 1. The molecule has 1 aromatic carbocycles. The Labute approximate surface area is 82.1 Å². The molecule has 0 aromatic heterocycles. The van der Waals surface area contributed by atoms with Crippen molar-refractivity contribution < 1.29 is 8.78 Å². The monoisotopic (exact) mass is 197 g/mol. The summed E-state index contributed by atoms with van der Waals surface area (Å²) in [7, 11) is 0. The first-order chi connectivity index (χ1) is 6.70. The number of nitrogens with one attached hydrogen (secondary N) is 1. The van der Waals surface area contributed by atoms with Crippen molar-refractivity contribution in [1.29, 1.82) is 0 Å². The summed E-state index contributed by atoms with van der Waals surface area (Å²) >= 11 is 0. The number of halogens is 2. The zero-order valence-corrected chi connectivity index (χ0v) is 7.89. The lowest BCUT2D eigenvalue weighted by Gasteiger charge is -2.18. The van der Waals surface area contributed by atoms with Crippen LogP contribution in [0.3, 0.4) is 0 Å². The van der Waals surface area contributed by atoms with Gasteiger partial charge >= 0.3 is 0 Å². The molecule has 1 N–H and O–H groups in total. The van der Waals surface area contributed by atoms with E-state index in [9.17, 15) is 8.78 Å². The summed E-state index contributed by atoms with van der Waals surface area (Å²) in [6.07, 6.45) is 0.647. The Morgan fingerprint density at radius 2 is 2.14 bits per heavy atom. The maximum atomic E-state index is 13.9. The van der Waals surface area contributed by atoms with Gasteiger partial charge in [0.05, 0.1) is 0 Å². The summed E-state index contributed by atoms with van der Waals surface area (Å²) in [5.74, 6) is -0.309. The third-order valence-electron chi connectivity index (χ3n) is 2.66. The molecule has 1 saturated heterocycles. The van der Waals surface area contributed by atoms with Crippen molar-refractivity contribution in [2.45, 2.75) is 18.5 Å². The molecule has 1 unspecified atom stereocenters. The van der Waals surface area contributed by atoms with Crippen LogP contribution in [0, 0.1) is 5.82 Å². The second-order valence-corrected chi connectivity index (χ2v) is 3.85. The summed E-state index contributed by atoms with van der Waals surface area (Å²) < 4.78 is 27.2. The van der Waals surface area contributed by atoms with Crippen LogP contribution in [-0.4, -0.2) is 18.8 Å². The second-order valence-electron chi connectivity index (χ2n) is 3.85. The first-order valence-electron chi connectivity index (χ1n) is 4.83. The standard InChI is InChI=1S/C11H13F2N/c12-10-4-2-1-3-9(10)7-11(13)5-6-14-8-11/h1-4,14H,5-8H2. The molecule has 3 heteroatoms. The Morgan fingerprint density at radius 3 is 2.79 bits per heavy atom. The van der Waals surface area contributed by atoms with Crippen LogP contribution < -0.4 is 5.32 Å². The highest BCUT2D eigenvalue weighted by molar-refractivity contribution is 5.20. The highest BCUT2D eigenvalue weighted by Gasteiger charge is 2.34. The minimum absolute atomic E-state index is 0.173. The number of hydrogen-bond donors (Lipinski definition) is 1. The zero-order valence-electron chi connectivity index (χ0n) is 7.89. The SMILES string of the molecule is Fc1ccccc1CC1(F)CCNC1. The molecule has 1 aromatic rings. The van der Waals surface area contributed by atoms with E-state index in [1.54, 1.807) is 18.2 Å². The quantitative estimate of drug-likeness (QED) is 0.765. The molecule has 76 valence electrons. The normalized spacial score (nSPS) is 26.7. The van der Waals surface area contributed by atoms with Gasteiger partial charge in [-0.1, -0.05) is 18.2 Å². The summed E-state index contributed by atoms with van der Waals surface area (Å²) in [4.78, 5) is 0. The van der Waals surface area contributed by atoms with Gasteiger partial charge in [-0.3, -0.25) is 0 Å². The molecule has 0 amide bonds. The van der Waals surface area contributed by atoms with Crippen LogP contribution in [0.1, 0.15) is 12.0 Å². The van der Waals surface area contributed by atoms with Crippen molar-refractivity contribution in [3.8, 4) is 0 Å². The molecule has 0 bridgehead atoms. The van der Waals surface area contributed by atoms with Gasteiger partial charge in [0.15, 0.2) is 0 Å². The molecule has 1 aliphatic rings. The van der Waals surface area contributed by atoms with Crippen LogP contribution in [0.15, 0.2) is 24.3 Å². The third kappa shape index (κ3) is 1.93. The molecule has 1 atom stereocenters. The Balaban J connectivity index is 2.14. The van der Waals surface area contributed by atoms with Crippen molar-refractivity contribution in [3.63, 3.8) is 0 Å². The molecular weight excluding hydrogens is 184 g/mol. The predicted octanol–water partition coefficient (Wildman–Crippen LogP) is 2.07. The summed E-state index contributed by atoms with van der Waals surface area (Å²) in [6.45, 7) is 1.02. The fourth-order valence-corrected chi connectivity index (χ4v) is 1.85. The van der Waals surface area contributed by atoms with Crippen molar-refractivity contribution in [2.75, 3.05) is 13.1 Å². The van der Waals surface area contributed by atoms with Crippen LogP contribution in [0.2, 0.25) is 0 Å². The molecule has 0 aliphatic carbocycles.